The average Bonchev–Trinajstić information content (AvgIpc) is 2.73. The number of hydrogen-bond acceptors (Lipinski definition) is 1. The Hall–Kier alpha value is -1.91. The zero-order chi connectivity index (χ0) is 16.0. The fraction of sp³-hybridized carbons (Fsp3) is 0.471. The molecule has 1 fully saturated rings. The lowest BCUT2D eigenvalue weighted by Gasteiger charge is -2.26. The molecular weight excluding hydrogens is 286 g/mol. The molecule has 0 bridgehead atoms. The molecule has 2 aromatic rings. The molecule has 1 heterocycles. The summed E-state index contributed by atoms with van der Waals surface area (Å²) in [7, 11) is 0. The van der Waals surface area contributed by atoms with E-state index in [9.17, 15) is 13.6 Å². The van der Waals surface area contributed by atoms with E-state index >= 15 is 0 Å². The predicted octanol–water partition coefficient (Wildman–Crippen LogP) is 4.14. The van der Waals surface area contributed by atoms with Crippen LogP contribution < -0.4 is 5.73 Å². The summed E-state index contributed by atoms with van der Waals surface area (Å²) in [6.45, 7) is 3.81. The first-order chi connectivity index (χ1) is 10.4. The van der Waals surface area contributed by atoms with Gasteiger partial charge < -0.3 is 10.3 Å². The van der Waals surface area contributed by atoms with Crippen LogP contribution >= 0.6 is 0 Å². The van der Waals surface area contributed by atoms with E-state index in [0.717, 1.165) is 36.9 Å². The molecule has 0 atom stereocenters. The zero-order valence-corrected chi connectivity index (χ0v) is 12.9. The van der Waals surface area contributed by atoms with Gasteiger partial charge in [-0.15, -0.1) is 0 Å². The number of primary amides is 1. The van der Waals surface area contributed by atoms with Gasteiger partial charge in [0.2, 0.25) is 0 Å². The largest absolute Gasteiger partial charge is 0.365 e. The van der Waals surface area contributed by atoms with E-state index in [-0.39, 0.29) is 11.6 Å². The number of amides is 1. The molecule has 118 valence electrons. The van der Waals surface area contributed by atoms with Crippen molar-refractivity contribution in [3.63, 3.8) is 0 Å². The van der Waals surface area contributed by atoms with Gasteiger partial charge in [-0.05, 0) is 38.3 Å². The molecular formula is C17H20F2N2O. The summed E-state index contributed by atoms with van der Waals surface area (Å²) in [5.74, 6) is -3.09. The third kappa shape index (κ3) is 2.11. The number of fused-ring (bicyclic) bond motifs is 1. The molecule has 3 nitrogen and oxygen atoms in total. The maximum Gasteiger partial charge on any atom is 0.253 e. The fourth-order valence-corrected chi connectivity index (χ4v) is 3.72. The van der Waals surface area contributed by atoms with Gasteiger partial charge in [0.25, 0.3) is 5.91 Å². The Morgan fingerprint density at radius 3 is 2.45 bits per heavy atom. The van der Waals surface area contributed by atoms with Gasteiger partial charge in [0.1, 0.15) is 5.56 Å². The summed E-state index contributed by atoms with van der Waals surface area (Å²) in [6.07, 6.45) is 5.39. The second-order valence-electron chi connectivity index (χ2n) is 6.18. The Labute approximate surface area is 128 Å². The number of nitrogens with two attached hydrogens (primary N) is 1. The molecule has 0 saturated heterocycles. The molecule has 2 N–H and O–H groups in total. The lowest BCUT2D eigenvalue weighted by atomic mass is 9.95. The number of benzene rings is 1. The van der Waals surface area contributed by atoms with Crippen molar-refractivity contribution < 1.29 is 13.6 Å². The van der Waals surface area contributed by atoms with Crippen LogP contribution in [0.25, 0.3) is 10.9 Å². The Morgan fingerprint density at radius 1 is 1.23 bits per heavy atom. The molecule has 0 aliphatic heterocycles. The van der Waals surface area contributed by atoms with E-state index < -0.39 is 17.5 Å². The maximum atomic E-state index is 14.2. The van der Waals surface area contributed by atoms with Crippen molar-refractivity contribution in [1.82, 2.24) is 4.57 Å². The fourth-order valence-electron chi connectivity index (χ4n) is 3.72. The smallest absolute Gasteiger partial charge is 0.253 e. The first-order valence-corrected chi connectivity index (χ1v) is 7.72. The third-order valence-electron chi connectivity index (χ3n) is 4.93. The minimum Gasteiger partial charge on any atom is -0.365 e. The van der Waals surface area contributed by atoms with Gasteiger partial charge in [-0.25, -0.2) is 8.78 Å². The summed E-state index contributed by atoms with van der Waals surface area (Å²) in [5, 5.41) is 0.579. The first-order valence-electron chi connectivity index (χ1n) is 7.72. The second-order valence-corrected chi connectivity index (χ2v) is 6.18. The minimum absolute atomic E-state index is 0.216. The van der Waals surface area contributed by atoms with Crippen LogP contribution in [0.4, 0.5) is 8.78 Å². The molecule has 1 saturated carbocycles. The Balaban J connectivity index is 2.38. The summed E-state index contributed by atoms with van der Waals surface area (Å²) in [5.41, 5.74) is 7.31. The highest BCUT2D eigenvalue weighted by atomic mass is 19.2. The zero-order valence-electron chi connectivity index (χ0n) is 12.9. The topological polar surface area (TPSA) is 48.0 Å². The molecule has 3 rings (SSSR count). The maximum absolute atomic E-state index is 14.2. The van der Waals surface area contributed by atoms with Gasteiger partial charge in [0, 0.05) is 17.1 Å². The van der Waals surface area contributed by atoms with E-state index in [1.807, 2.05) is 18.4 Å². The molecule has 5 heteroatoms. The Bertz CT molecular complexity index is 758. The number of hydrogen-bond donors (Lipinski definition) is 1. The molecule has 1 aromatic heterocycles. The van der Waals surface area contributed by atoms with Crippen molar-refractivity contribution in [2.24, 2.45) is 5.73 Å². The number of rotatable bonds is 2. The van der Waals surface area contributed by atoms with Gasteiger partial charge in [-0.2, -0.15) is 0 Å². The molecule has 1 amide bonds. The third-order valence-corrected chi connectivity index (χ3v) is 4.93. The van der Waals surface area contributed by atoms with Crippen LogP contribution in [0.3, 0.4) is 0 Å². The number of carbonyl (C=O) groups is 1. The van der Waals surface area contributed by atoms with Crippen LogP contribution in [0.2, 0.25) is 0 Å². The average molecular weight is 306 g/mol. The van der Waals surface area contributed by atoms with Gasteiger partial charge in [-0.3, -0.25) is 4.79 Å². The monoisotopic (exact) mass is 306 g/mol. The SMILES string of the molecule is Cc1c(C)n(C2CCCCC2)c2c(C(N)=O)c(F)c(F)cc12. The van der Waals surface area contributed by atoms with Crippen molar-refractivity contribution in [1.29, 1.82) is 0 Å². The number of nitrogens with zero attached hydrogens (tertiary/aromatic N) is 1. The van der Waals surface area contributed by atoms with Crippen LogP contribution in [0.15, 0.2) is 6.07 Å². The van der Waals surface area contributed by atoms with Crippen molar-refractivity contribution in [3.8, 4) is 0 Å². The molecule has 0 spiro atoms. The lowest BCUT2D eigenvalue weighted by Crippen LogP contribution is -2.19. The summed E-state index contributed by atoms with van der Waals surface area (Å²) < 4.78 is 30.0. The van der Waals surface area contributed by atoms with E-state index in [2.05, 4.69) is 0 Å². The van der Waals surface area contributed by atoms with Crippen molar-refractivity contribution in [3.05, 3.63) is 34.5 Å². The Kier molecular flexibility index (Phi) is 3.67. The van der Waals surface area contributed by atoms with E-state index in [1.54, 1.807) is 0 Å². The first kappa shape index (κ1) is 15.0. The predicted molar refractivity (Wildman–Crippen MR) is 82.0 cm³/mol. The summed E-state index contributed by atoms with van der Waals surface area (Å²) >= 11 is 0. The molecule has 1 aliphatic rings. The van der Waals surface area contributed by atoms with Gasteiger partial charge >= 0.3 is 0 Å². The van der Waals surface area contributed by atoms with Crippen molar-refractivity contribution in [2.75, 3.05) is 0 Å². The van der Waals surface area contributed by atoms with Gasteiger partial charge in [0.15, 0.2) is 11.6 Å². The van der Waals surface area contributed by atoms with Crippen LogP contribution in [-0.2, 0) is 0 Å². The number of carbonyl (C=O) groups excluding carboxylic acids is 1. The summed E-state index contributed by atoms with van der Waals surface area (Å²) in [6, 6.07) is 1.39. The molecule has 1 aliphatic carbocycles. The number of aromatic nitrogens is 1. The van der Waals surface area contributed by atoms with Crippen LogP contribution in [0, 0.1) is 25.5 Å². The van der Waals surface area contributed by atoms with Crippen LogP contribution in [0.1, 0.15) is 59.8 Å². The quantitative estimate of drug-likeness (QED) is 0.890. The highest BCUT2D eigenvalue weighted by Crippen LogP contribution is 2.38. The molecule has 0 radical (unpaired) electrons. The van der Waals surface area contributed by atoms with Gasteiger partial charge in [0.05, 0.1) is 5.52 Å². The van der Waals surface area contributed by atoms with E-state index in [1.165, 1.54) is 12.5 Å². The second kappa shape index (κ2) is 5.38. The standard InChI is InChI=1S/C17H20F2N2O/c1-9-10(2)21(11-6-4-3-5-7-11)16-12(9)8-13(18)15(19)14(16)17(20)22/h8,11H,3-7H2,1-2H3,(H2,20,22). The van der Waals surface area contributed by atoms with E-state index in [0.29, 0.717) is 10.9 Å². The van der Waals surface area contributed by atoms with Crippen LogP contribution in [0.5, 0.6) is 0 Å². The molecule has 1 aromatic carbocycles. The highest BCUT2D eigenvalue weighted by Gasteiger charge is 2.27. The Morgan fingerprint density at radius 2 is 1.86 bits per heavy atom. The lowest BCUT2D eigenvalue weighted by molar-refractivity contribution is 0.0996. The highest BCUT2D eigenvalue weighted by molar-refractivity contribution is 6.06. The molecule has 22 heavy (non-hydrogen) atoms. The van der Waals surface area contributed by atoms with Crippen molar-refractivity contribution in [2.45, 2.75) is 52.0 Å². The van der Waals surface area contributed by atoms with Gasteiger partial charge in [-0.1, -0.05) is 19.3 Å². The summed E-state index contributed by atoms with van der Waals surface area (Å²) in [4.78, 5) is 11.7. The number of aryl methyl sites for hydroxylation is 1. The molecule has 0 unspecified atom stereocenters. The normalized spacial score (nSPS) is 16.4. The van der Waals surface area contributed by atoms with Crippen molar-refractivity contribution >= 4 is 16.8 Å². The van der Waals surface area contributed by atoms with Crippen LogP contribution in [-0.4, -0.2) is 10.5 Å². The van der Waals surface area contributed by atoms with E-state index in [4.69, 9.17) is 5.73 Å². The minimum atomic E-state index is -1.14. The number of halogens is 2.